The molecular weight excluding hydrogens is 274 g/mol. The topological polar surface area (TPSA) is 109 Å². The normalized spacial score (nSPS) is 11.7. The zero-order chi connectivity index (χ0) is 15.2. The minimum Gasteiger partial charge on any atom is -0.480 e. The first-order valence-corrected chi connectivity index (χ1v) is 6.26. The van der Waals surface area contributed by atoms with Crippen molar-refractivity contribution >= 4 is 17.7 Å². The molecule has 0 aliphatic rings. The predicted molar refractivity (Wildman–Crippen MR) is 74.7 cm³/mol. The molecule has 0 saturated heterocycles. The van der Waals surface area contributed by atoms with Crippen molar-refractivity contribution in [3.8, 4) is 0 Å². The minimum absolute atomic E-state index is 0.179. The number of hydrogen-bond donors (Lipinski definition) is 3. The predicted octanol–water partition coefficient (Wildman–Crippen LogP) is 1.25. The maximum Gasteiger partial charge on any atom is 0.325 e. The Bertz CT molecular complexity index is 626. The molecule has 0 fully saturated rings. The Morgan fingerprint density at radius 3 is 2.76 bits per heavy atom. The van der Waals surface area contributed by atoms with E-state index in [0.717, 1.165) is 5.56 Å². The summed E-state index contributed by atoms with van der Waals surface area (Å²) in [6, 6.07) is 3.06. The van der Waals surface area contributed by atoms with Crippen LogP contribution in [0.15, 0.2) is 36.9 Å². The van der Waals surface area contributed by atoms with E-state index < -0.39 is 12.0 Å². The number of anilines is 1. The number of nitrogens with one attached hydrogen (secondary N) is 2. The number of carboxylic acids is 1. The Morgan fingerprint density at radius 2 is 2.10 bits per heavy atom. The van der Waals surface area contributed by atoms with Crippen LogP contribution in [0.5, 0.6) is 0 Å². The number of hydrogen-bond acceptors (Lipinski definition) is 4. The summed E-state index contributed by atoms with van der Waals surface area (Å²) in [4.78, 5) is 26.3. The van der Waals surface area contributed by atoms with Gasteiger partial charge in [-0.25, -0.2) is 4.79 Å². The third-order valence-corrected chi connectivity index (χ3v) is 2.74. The van der Waals surface area contributed by atoms with Gasteiger partial charge in [0.05, 0.1) is 17.9 Å². The molecule has 21 heavy (non-hydrogen) atoms. The van der Waals surface area contributed by atoms with Crippen LogP contribution in [-0.2, 0) is 11.3 Å². The minimum atomic E-state index is -1.000. The number of pyridine rings is 1. The average molecular weight is 289 g/mol. The largest absolute Gasteiger partial charge is 0.480 e. The summed E-state index contributed by atoms with van der Waals surface area (Å²) < 4.78 is 1.23. The molecule has 8 heteroatoms. The van der Waals surface area contributed by atoms with E-state index in [1.54, 1.807) is 12.4 Å². The van der Waals surface area contributed by atoms with E-state index in [1.807, 2.05) is 19.1 Å². The third kappa shape index (κ3) is 4.30. The number of nitrogens with zero attached hydrogens (tertiary/aromatic N) is 3. The van der Waals surface area contributed by atoms with Gasteiger partial charge < -0.3 is 15.7 Å². The van der Waals surface area contributed by atoms with Gasteiger partial charge in [-0.3, -0.25) is 14.5 Å². The van der Waals surface area contributed by atoms with Crippen LogP contribution in [0.25, 0.3) is 0 Å². The molecule has 2 rings (SSSR count). The van der Waals surface area contributed by atoms with E-state index in [4.69, 9.17) is 5.11 Å². The number of amides is 2. The summed E-state index contributed by atoms with van der Waals surface area (Å²) >= 11 is 0. The van der Waals surface area contributed by atoms with Gasteiger partial charge in [-0.1, -0.05) is 0 Å². The molecule has 0 spiro atoms. The van der Waals surface area contributed by atoms with E-state index in [-0.39, 0.29) is 12.6 Å². The van der Waals surface area contributed by atoms with Crippen molar-refractivity contribution in [3.05, 3.63) is 42.5 Å². The van der Waals surface area contributed by atoms with Crippen molar-refractivity contribution in [2.75, 3.05) is 5.32 Å². The lowest BCUT2D eigenvalue weighted by Crippen LogP contribution is -2.31. The van der Waals surface area contributed by atoms with Crippen molar-refractivity contribution in [1.29, 1.82) is 0 Å². The number of rotatable bonds is 5. The highest BCUT2D eigenvalue weighted by Gasteiger charge is 2.10. The van der Waals surface area contributed by atoms with Gasteiger partial charge in [-0.2, -0.15) is 5.10 Å². The molecule has 3 N–H and O–H groups in total. The average Bonchev–Trinajstić information content (AvgIpc) is 2.85. The van der Waals surface area contributed by atoms with Crippen LogP contribution in [0.4, 0.5) is 10.5 Å². The number of urea groups is 1. The summed E-state index contributed by atoms with van der Waals surface area (Å²) in [6.07, 6.45) is 6.15. The molecule has 2 aromatic rings. The van der Waals surface area contributed by atoms with Crippen LogP contribution in [0.3, 0.4) is 0 Å². The second kappa shape index (κ2) is 6.51. The van der Waals surface area contributed by atoms with Gasteiger partial charge in [0.2, 0.25) is 0 Å². The summed E-state index contributed by atoms with van der Waals surface area (Å²) in [5.74, 6) is -1.000. The molecule has 2 amide bonds. The molecule has 2 aromatic heterocycles. The number of aromatic nitrogens is 3. The Morgan fingerprint density at radius 1 is 1.38 bits per heavy atom. The van der Waals surface area contributed by atoms with Gasteiger partial charge in [0.1, 0.15) is 6.54 Å². The first kappa shape index (κ1) is 14.5. The molecule has 110 valence electrons. The lowest BCUT2D eigenvalue weighted by atomic mass is 10.1. The van der Waals surface area contributed by atoms with Gasteiger partial charge >= 0.3 is 12.0 Å². The van der Waals surface area contributed by atoms with Crippen LogP contribution >= 0.6 is 0 Å². The quantitative estimate of drug-likeness (QED) is 0.767. The monoisotopic (exact) mass is 289 g/mol. The standard InChI is InChI=1S/C13H15N5O3/c1-9(10-2-4-14-5-3-10)16-13(21)17-11-6-15-18(7-11)8-12(19)20/h2-7,9H,8H2,1H3,(H,19,20)(H2,16,17,21). The first-order chi connectivity index (χ1) is 10.0. The van der Waals surface area contributed by atoms with Crippen molar-refractivity contribution in [2.24, 2.45) is 0 Å². The Balaban J connectivity index is 1.89. The SMILES string of the molecule is CC(NC(=O)Nc1cnn(CC(=O)O)c1)c1ccncc1. The third-order valence-electron chi connectivity index (χ3n) is 2.74. The molecule has 2 heterocycles. The summed E-state index contributed by atoms with van der Waals surface area (Å²) in [5.41, 5.74) is 1.36. The molecule has 0 radical (unpaired) electrons. The fourth-order valence-electron chi connectivity index (χ4n) is 1.75. The Hall–Kier alpha value is -2.90. The summed E-state index contributed by atoms with van der Waals surface area (Å²) in [6.45, 7) is 1.60. The van der Waals surface area contributed by atoms with Crippen molar-refractivity contribution in [1.82, 2.24) is 20.1 Å². The van der Waals surface area contributed by atoms with E-state index in [1.165, 1.54) is 17.1 Å². The van der Waals surface area contributed by atoms with Crippen LogP contribution < -0.4 is 10.6 Å². The molecule has 0 aliphatic heterocycles. The smallest absolute Gasteiger partial charge is 0.325 e. The highest BCUT2D eigenvalue weighted by molar-refractivity contribution is 5.89. The van der Waals surface area contributed by atoms with Gasteiger partial charge in [0.15, 0.2) is 0 Å². The molecule has 8 nitrogen and oxygen atoms in total. The van der Waals surface area contributed by atoms with Crippen LogP contribution in [0.2, 0.25) is 0 Å². The highest BCUT2D eigenvalue weighted by atomic mass is 16.4. The fourth-order valence-corrected chi connectivity index (χ4v) is 1.75. The number of carbonyl (C=O) groups is 2. The molecule has 0 bridgehead atoms. The molecular formula is C13H15N5O3. The van der Waals surface area contributed by atoms with Gasteiger partial charge in [-0.15, -0.1) is 0 Å². The zero-order valence-corrected chi connectivity index (χ0v) is 11.4. The van der Waals surface area contributed by atoms with Gasteiger partial charge in [0.25, 0.3) is 0 Å². The molecule has 1 atom stereocenters. The maximum atomic E-state index is 11.8. The fraction of sp³-hybridized carbons (Fsp3) is 0.231. The zero-order valence-electron chi connectivity index (χ0n) is 11.4. The molecule has 0 saturated carbocycles. The Kier molecular flexibility index (Phi) is 4.50. The molecule has 0 aliphatic carbocycles. The summed E-state index contributed by atoms with van der Waals surface area (Å²) in [5, 5.41) is 17.8. The molecule has 0 aromatic carbocycles. The summed E-state index contributed by atoms with van der Waals surface area (Å²) in [7, 11) is 0. The lowest BCUT2D eigenvalue weighted by Gasteiger charge is -2.14. The lowest BCUT2D eigenvalue weighted by molar-refractivity contribution is -0.137. The van der Waals surface area contributed by atoms with E-state index in [9.17, 15) is 9.59 Å². The van der Waals surface area contributed by atoms with Crippen molar-refractivity contribution in [2.45, 2.75) is 19.5 Å². The van der Waals surface area contributed by atoms with E-state index in [2.05, 4.69) is 20.7 Å². The molecule has 1 unspecified atom stereocenters. The number of carbonyl (C=O) groups excluding carboxylic acids is 1. The van der Waals surface area contributed by atoms with Crippen LogP contribution in [0, 0.1) is 0 Å². The van der Waals surface area contributed by atoms with E-state index in [0.29, 0.717) is 5.69 Å². The van der Waals surface area contributed by atoms with Gasteiger partial charge in [0, 0.05) is 18.6 Å². The second-order valence-electron chi connectivity index (χ2n) is 4.42. The van der Waals surface area contributed by atoms with Gasteiger partial charge in [-0.05, 0) is 24.6 Å². The Labute approximate surface area is 120 Å². The van der Waals surface area contributed by atoms with Crippen molar-refractivity contribution in [3.63, 3.8) is 0 Å². The highest BCUT2D eigenvalue weighted by Crippen LogP contribution is 2.11. The van der Waals surface area contributed by atoms with Crippen LogP contribution in [0.1, 0.15) is 18.5 Å². The first-order valence-electron chi connectivity index (χ1n) is 6.26. The second-order valence-corrected chi connectivity index (χ2v) is 4.42. The van der Waals surface area contributed by atoms with E-state index >= 15 is 0 Å². The number of aliphatic carboxylic acids is 1. The van der Waals surface area contributed by atoms with Crippen molar-refractivity contribution < 1.29 is 14.7 Å². The maximum absolute atomic E-state index is 11.8. The number of carboxylic acid groups (broad SMARTS) is 1. The van der Waals surface area contributed by atoms with Crippen LogP contribution in [-0.4, -0.2) is 31.9 Å².